The van der Waals surface area contributed by atoms with E-state index in [1.54, 1.807) is 0 Å². The van der Waals surface area contributed by atoms with E-state index in [-0.39, 0.29) is 6.79 Å². The lowest BCUT2D eigenvalue weighted by Crippen LogP contribution is -2.11. The van der Waals surface area contributed by atoms with Gasteiger partial charge in [0.25, 0.3) is 0 Å². The molecule has 6 nitrogen and oxygen atoms in total. The van der Waals surface area contributed by atoms with Crippen molar-refractivity contribution < 1.29 is 28.6 Å². The predicted molar refractivity (Wildman–Crippen MR) is 153 cm³/mol. The van der Waals surface area contributed by atoms with Crippen molar-refractivity contribution in [1.29, 1.82) is 0 Å². The second-order valence-electron chi connectivity index (χ2n) is 8.71. The summed E-state index contributed by atoms with van der Waals surface area (Å²) in [6.45, 7) is 13.6. The van der Waals surface area contributed by atoms with Crippen LogP contribution >= 0.6 is 52.8 Å². The Labute approximate surface area is 230 Å². The molecule has 34 heavy (non-hydrogen) atoms. The van der Waals surface area contributed by atoms with Crippen LogP contribution in [0.4, 0.5) is 0 Å². The number of rotatable bonds is 12. The van der Waals surface area contributed by atoms with Crippen molar-refractivity contribution in [3.63, 3.8) is 0 Å². The third-order valence-corrected chi connectivity index (χ3v) is 8.71. The van der Waals surface area contributed by atoms with Gasteiger partial charge in [0.15, 0.2) is 13.1 Å². The lowest BCUT2D eigenvalue weighted by molar-refractivity contribution is 0.00222. The van der Waals surface area contributed by atoms with Gasteiger partial charge >= 0.3 is 7.60 Å². The molecule has 0 radical (unpaired) electrons. The van der Waals surface area contributed by atoms with E-state index in [1.165, 1.54) is 22.3 Å². The van der Waals surface area contributed by atoms with Gasteiger partial charge in [-0.15, -0.1) is 0 Å². The molecule has 9 heteroatoms. The van der Waals surface area contributed by atoms with Gasteiger partial charge in [-0.1, -0.05) is 33.8 Å². The highest BCUT2D eigenvalue weighted by molar-refractivity contribution is 14.1. The van der Waals surface area contributed by atoms with Gasteiger partial charge in [0.1, 0.15) is 11.5 Å². The first kappa shape index (κ1) is 29.8. The van der Waals surface area contributed by atoms with Gasteiger partial charge in [0.2, 0.25) is 0 Å². The average molecular weight is 716 g/mol. The Morgan fingerprint density at radius 1 is 0.941 bits per heavy atom. The molecule has 0 unspecified atom stereocenters. The highest BCUT2D eigenvalue weighted by Gasteiger charge is 2.22. The quantitative estimate of drug-likeness (QED) is 0.110. The summed E-state index contributed by atoms with van der Waals surface area (Å²) in [7, 11) is -4.26. The van der Waals surface area contributed by atoms with Crippen molar-refractivity contribution in [2.45, 2.75) is 60.8 Å². The molecular formula is C25H35I2O6P. The zero-order valence-electron chi connectivity index (χ0n) is 20.7. The minimum Gasteiger partial charge on any atom is -0.479 e. The molecule has 2 aromatic rings. The van der Waals surface area contributed by atoms with Gasteiger partial charge in [0.05, 0.1) is 13.7 Å². The molecule has 0 aliphatic heterocycles. The maximum atomic E-state index is 11.3. The summed E-state index contributed by atoms with van der Waals surface area (Å²) in [5, 5.41) is 0. The van der Waals surface area contributed by atoms with Crippen LogP contribution in [0.5, 0.6) is 11.5 Å². The summed E-state index contributed by atoms with van der Waals surface area (Å²) in [5.74, 6) is 1.89. The summed E-state index contributed by atoms with van der Waals surface area (Å²) in [6.07, 6.45) is 1.92. The highest BCUT2D eigenvalue weighted by Crippen LogP contribution is 2.41. The zero-order chi connectivity index (χ0) is 25.6. The lowest BCUT2D eigenvalue weighted by atomic mass is 9.89. The first-order valence-electron chi connectivity index (χ1n) is 11.4. The maximum Gasteiger partial charge on any atom is 0.362 e. The summed E-state index contributed by atoms with van der Waals surface area (Å²) in [6, 6.07) is 4.19. The van der Waals surface area contributed by atoms with Crippen LogP contribution < -0.4 is 9.47 Å². The molecule has 0 amide bonds. The fraction of sp³-hybridized carbons (Fsp3) is 0.520. The SMILES string of the molecule is CCc1c(Cc2c(C)c(I)c(OCP(=O)(O)O)c(I)c2C)ccc(OCOCC(C)C)c1CC. The molecule has 0 aliphatic carbocycles. The molecule has 0 saturated carbocycles. The van der Waals surface area contributed by atoms with Crippen molar-refractivity contribution in [2.24, 2.45) is 5.92 Å². The van der Waals surface area contributed by atoms with Gasteiger partial charge in [0, 0.05) is 0 Å². The number of hydrogen-bond donors (Lipinski definition) is 2. The molecule has 0 bridgehead atoms. The first-order valence-corrected chi connectivity index (χ1v) is 15.3. The van der Waals surface area contributed by atoms with E-state index in [0.29, 0.717) is 18.3 Å². The smallest absolute Gasteiger partial charge is 0.362 e. The minimum atomic E-state index is -4.26. The normalized spacial score (nSPS) is 11.9. The van der Waals surface area contributed by atoms with Crippen LogP contribution in [-0.2, 0) is 28.6 Å². The molecule has 0 saturated heterocycles. The molecule has 0 aliphatic rings. The van der Waals surface area contributed by atoms with E-state index in [1.807, 2.05) is 19.9 Å². The van der Waals surface area contributed by atoms with Gasteiger partial charge in [-0.25, -0.2) is 0 Å². The van der Waals surface area contributed by atoms with E-state index in [4.69, 9.17) is 14.2 Å². The van der Waals surface area contributed by atoms with Crippen molar-refractivity contribution in [2.75, 3.05) is 19.7 Å². The number of benzene rings is 2. The van der Waals surface area contributed by atoms with Crippen molar-refractivity contribution >= 4 is 52.8 Å². The summed E-state index contributed by atoms with van der Waals surface area (Å²) >= 11 is 4.42. The van der Waals surface area contributed by atoms with Crippen LogP contribution in [0.3, 0.4) is 0 Å². The zero-order valence-corrected chi connectivity index (χ0v) is 25.9. The molecule has 0 heterocycles. The van der Waals surface area contributed by atoms with Crippen LogP contribution in [0.1, 0.15) is 61.1 Å². The number of ether oxygens (including phenoxy) is 3. The van der Waals surface area contributed by atoms with Crippen molar-refractivity contribution in [3.8, 4) is 11.5 Å². The van der Waals surface area contributed by atoms with Gasteiger partial charge in [-0.3, -0.25) is 4.57 Å². The molecule has 2 N–H and O–H groups in total. The average Bonchev–Trinajstić information content (AvgIpc) is 2.77. The summed E-state index contributed by atoms with van der Waals surface area (Å²) in [4.78, 5) is 18.5. The fourth-order valence-corrected chi connectivity index (χ4v) is 6.27. The predicted octanol–water partition coefficient (Wildman–Crippen LogP) is 6.75. The Bertz CT molecular complexity index is 1020. The van der Waals surface area contributed by atoms with Crippen LogP contribution in [0.25, 0.3) is 0 Å². The fourth-order valence-electron chi connectivity index (χ4n) is 3.95. The Hall–Kier alpha value is -0.390. The molecule has 190 valence electrons. The van der Waals surface area contributed by atoms with Crippen molar-refractivity contribution in [1.82, 2.24) is 0 Å². The van der Waals surface area contributed by atoms with Crippen LogP contribution in [0.2, 0.25) is 0 Å². The van der Waals surface area contributed by atoms with E-state index < -0.39 is 13.9 Å². The van der Waals surface area contributed by atoms with E-state index in [0.717, 1.165) is 43.3 Å². The van der Waals surface area contributed by atoms with E-state index in [9.17, 15) is 14.4 Å². The van der Waals surface area contributed by atoms with Gasteiger partial charge in [-0.05, 0) is 124 Å². The van der Waals surface area contributed by atoms with Crippen LogP contribution in [0, 0.1) is 26.9 Å². The van der Waals surface area contributed by atoms with Crippen molar-refractivity contribution in [3.05, 3.63) is 52.7 Å². The lowest BCUT2D eigenvalue weighted by Gasteiger charge is -2.22. The third kappa shape index (κ3) is 7.80. The minimum absolute atomic E-state index is 0.248. The second-order valence-corrected chi connectivity index (χ2v) is 12.5. The maximum absolute atomic E-state index is 11.3. The number of halogens is 2. The number of hydrogen-bond acceptors (Lipinski definition) is 4. The molecule has 0 fully saturated rings. The standard InChI is InChI=1S/C25H35I2O6P/c1-7-19-18(9-10-22(20(19)8-2)32-13-31-12-15(3)4)11-21-16(5)23(26)25(24(27)17(21)6)33-14-34(28,29)30/h9-10,15H,7-8,11-14H2,1-6H3,(H2,28,29,30). The van der Waals surface area contributed by atoms with Gasteiger partial charge in [-0.2, -0.15) is 0 Å². The Balaban J connectivity index is 2.39. The molecule has 0 spiro atoms. The van der Waals surface area contributed by atoms with E-state index >= 15 is 0 Å². The summed E-state index contributed by atoms with van der Waals surface area (Å²) < 4.78 is 30.2. The Kier molecular flexibility index (Phi) is 11.6. The Morgan fingerprint density at radius 2 is 1.53 bits per heavy atom. The second kappa shape index (κ2) is 13.2. The molecule has 0 aromatic heterocycles. The molecule has 2 aromatic carbocycles. The van der Waals surface area contributed by atoms with Gasteiger partial charge < -0.3 is 24.0 Å². The topological polar surface area (TPSA) is 85.2 Å². The van der Waals surface area contributed by atoms with E-state index in [2.05, 4.69) is 78.9 Å². The monoisotopic (exact) mass is 716 g/mol. The largest absolute Gasteiger partial charge is 0.479 e. The first-order chi connectivity index (χ1) is 15.9. The third-order valence-electron chi connectivity index (χ3n) is 5.65. The Morgan fingerprint density at radius 3 is 2.03 bits per heavy atom. The van der Waals surface area contributed by atoms with Crippen LogP contribution in [0.15, 0.2) is 12.1 Å². The molecular weight excluding hydrogens is 681 g/mol. The highest BCUT2D eigenvalue weighted by atomic mass is 127. The summed E-state index contributed by atoms with van der Waals surface area (Å²) in [5.41, 5.74) is 7.13. The molecule has 0 atom stereocenters. The molecule has 2 rings (SSSR count). The van der Waals surface area contributed by atoms with Crippen LogP contribution in [-0.4, -0.2) is 29.5 Å².